The molecule has 2 nitrogen and oxygen atoms in total. The number of hydrogen-bond donors (Lipinski definition) is 1. The molecule has 2 aromatic rings. The minimum absolute atomic E-state index is 0.960. The lowest BCUT2D eigenvalue weighted by Gasteiger charge is -2.03. The van der Waals surface area contributed by atoms with Crippen molar-refractivity contribution in [2.24, 2.45) is 5.10 Å². The molecule has 2 rings (SSSR count). The zero-order valence-corrected chi connectivity index (χ0v) is 11.1. The van der Waals surface area contributed by atoms with Gasteiger partial charge in [0.15, 0.2) is 0 Å². The van der Waals surface area contributed by atoms with Crippen molar-refractivity contribution in [3.63, 3.8) is 0 Å². The van der Waals surface area contributed by atoms with Crippen LogP contribution in [0.5, 0.6) is 0 Å². The summed E-state index contributed by atoms with van der Waals surface area (Å²) in [7, 11) is 0. The predicted molar refractivity (Wildman–Crippen MR) is 76.4 cm³/mol. The van der Waals surface area contributed by atoms with Crippen LogP contribution in [0.15, 0.2) is 64.2 Å². The summed E-state index contributed by atoms with van der Waals surface area (Å²) in [5.74, 6) is 0. The first-order chi connectivity index (χ1) is 8.25. The summed E-state index contributed by atoms with van der Waals surface area (Å²) < 4.78 is 1.07. The second kappa shape index (κ2) is 5.64. The van der Waals surface area contributed by atoms with E-state index in [4.69, 9.17) is 0 Å². The van der Waals surface area contributed by atoms with Gasteiger partial charge in [-0.2, -0.15) is 5.10 Å². The van der Waals surface area contributed by atoms with E-state index in [1.54, 1.807) is 0 Å². The van der Waals surface area contributed by atoms with Crippen LogP contribution in [0.4, 0.5) is 5.69 Å². The lowest BCUT2D eigenvalue weighted by molar-refractivity contribution is 1.32. The maximum Gasteiger partial charge on any atom is 0.0648 e. The molecule has 0 saturated carbocycles. The van der Waals surface area contributed by atoms with Gasteiger partial charge in [0.1, 0.15) is 0 Å². The smallest absolute Gasteiger partial charge is 0.0648 e. The maximum absolute atomic E-state index is 4.35. The van der Waals surface area contributed by atoms with Crippen LogP contribution in [0.3, 0.4) is 0 Å². The van der Waals surface area contributed by atoms with Gasteiger partial charge >= 0.3 is 0 Å². The summed E-state index contributed by atoms with van der Waals surface area (Å²) in [6.45, 7) is 1.99. The Balaban J connectivity index is 2.10. The molecule has 0 aromatic heterocycles. The van der Waals surface area contributed by atoms with Gasteiger partial charge in [-0.05, 0) is 36.8 Å². The van der Waals surface area contributed by atoms with Crippen molar-refractivity contribution >= 4 is 27.3 Å². The molecule has 0 aliphatic rings. The summed E-state index contributed by atoms with van der Waals surface area (Å²) >= 11 is 3.41. The zero-order valence-electron chi connectivity index (χ0n) is 9.52. The van der Waals surface area contributed by atoms with Crippen molar-refractivity contribution < 1.29 is 0 Å². The minimum atomic E-state index is 0.960. The molecule has 0 heterocycles. The summed E-state index contributed by atoms with van der Waals surface area (Å²) in [6.07, 6.45) is 0. The molecule has 0 aliphatic carbocycles. The molecule has 0 fully saturated rings. The molecule has 0 aliphatic heterocycles. The molecule has 3 heteroatoms. The number of para-hydroxylation sites is 1. The molecule has 17 heavy (non-hydrogen) atoms. The predicted octanol–water partition coefficient (Wildman–Crippen LogP) is 4.29. The fraction of sp³-hybridized carbons (Fsp3) is 0.0714. The van der Waals surface area contributed by atoms with Crippen LogP contribution in [0.25, 0.3) is 0 Å². The normalized spacial score (nSPS) is 11.3. The largest absolute Gasteiger partial charge is 0.278 e. The molecular formula is C14H13BrN2. The average Bonchev–Trinajstić information content (AvgIpc) is 2.38. The maximum atomic E-state index is 4.35. The summed E-state index contributed by atoms with van der Waals surface area (Å²) in [6, 6.07) is 18.0. The fourth-order valence-electron chi connectivity index (χ4n) is 1.42. The number of nitrogens with zero attached hydrogens (tertiary/aromatic N) is 1. The third kappa shape index (κ3) is 3.43. The topological polar surface area (TPSA) is 24.4 Å². The number of nitrogens with one attached hydrogen (secondary N) is 1. The Morgan fingerprint density at radius 2 is 1.65 bits per heavy atom. The molecule has 86 valence electrons. The van der Waals surface area contributed by atoms with Gasteiger partial charge < -0.3 is 0 Å². The highest BCUT2D eigenvalue weighted by Gasteiger charge is 1.96. The van der Waals surface area contributed by atoms with Crippen molar-refractivity contribution in [2.45, 2.75) is 6.92 Å². The Bertz CT molecular complexity index is 504. The van der Waals surface area contributed by atoms with E-state index in [-0.39, 0.29) is 0 Å². The minimum Gasteiger partial charge on any atom is -0.278 e. The van der Waals surface area contributed by atoms with E-state index in [2.05, 4.69) is 26.5 Å². The van der Waals surface area contributed by atoms with Crippen LogP contribution in [-0.4, -0.2) is 5.71 Å². The Hall–Kier alpha value is -1.61. The van der Waals surface area contributed by atoms with Crippen LogP contribution in [-0.2, 0) is 0 Å². The van der Waals surface area contributed by atoms with E-state index in [0.29, 0.717) is 0 Å². The molecule has 2 aromatic carbocycles. The van der Waals surface area contributed by atoms with Crippen molar-refractivity contribution in [1.29, 1.82) is 0 Å². The van der Waals surface area contributed by atoms with Gasteiger partial charge in [0.25, 0.3) is 0 Å². The molecule has 0 spiro atoms. The molecule has 0 amide bonds. The average molecular weight is 289 g/mol. The second-order valence-corrected chi connectivity index (χ2v) is 4.60. The Kier molecular flexibility index (Phi) is 3.94. The SMILES string of the molecule is C/C(=N\Nc1ccccc1)c1ccc(Br)cc1. The Morgan fingerprint density at radius 3 is 2.29 bits per heavy atom. The molecule has 0 unspecified atom stereocenters. The number of hydrazone groups is 1. The van der Waals surface area contributed by atoms with E-state index >= 15 is 0 Å². The van der Waals surface area contributed by atoms with Gasteiger partial charge in [0.2, 0.25) is 0 Å². The third-order valence-corrected chi connectivity index (χ3v) is 2.92. The van der Waals surface area contributed by atoms with E-state index in [0.717, 1.165) is 21.4 Å². The monoisotopic (exact) mass is 288 g/mol. The van der Waals surface area contributed by atoms with Gasteiger partial charge in [0.05, 0.1) is 11.4 Å². The van der Waals surface area contributed by atoms with Crippen LogP contribution in [0.2, 0.25) is 0 Å². The number of hydrogen-bond acceptors (Lipinski definition) is 2. The number of anilines is 1. The van der Waals surface area contributed by atoms with Gasteiger partial charge in [-0.3, -0.25) is 5.43 Å². The van der Waals surface area contributed by atoms with Crippen LogP contribution >= 0.6 is 15.9 Å². The fourth-order valence-corrected chi connectivity index (χ4v) is 1.68. The van der Waals surface area contributed by atoms with E-state index in [9.17, 15) is 0 Å². The standard InChI is InChI=1S/C14H13BrN2/c1-11(12-7-9-13(15)10-8-12)16-17-14-5-3-2-4-6-14/h2-10,17H,1H3/b16-11+. The number of rotatable bonds is 3. The summed E-state index contributed by atoms with van der Waals surface area (Å²) in [4.78, 5) is 0. The van der Waals surface area contributed by atoms with Crippen molar-refractivity contribution in [3.05, 3.63) is 64.6 Å². The van der Waals surface area contributed by atoms with Crippen molar-refractivity contribution in [1.82, 2.24) is 0 Å². The zero-order chi connectivity index (χ0) is 12.1. The van der Waals surface area contributed by atoms with Gasteiger partial charge in [-0.1, -0.05) is 46.3 Å². The first-order valence-corrected chi connectivity index (χ1v) is 6.16. The summed E-state index contributed by atoms with van der Waals surface area (Å²) in [5.41, 5.74) is 6.09. The van der Waals surface area contributed by atoms with Crippen molar-refractivity contribution in [3.8, 4) is 0 Å². The van der Waals surface area contributed by atoms with Gasteiger partial charge in [0, 0.05) is 4.47 Å². The van der Waals surface area contributed by atoms with Gasteiger partial charge in [-0.15, -0.1) is 0 Å². The highest BCUT2D eigenvalue weighted by molar-refractivity contribution is 9.10. The van der Waals surface area contributed by atoms with E-state index < -0.39 is 0 Å². The number of benzene rings is 2. The molecule has 1 N–H and O–H groups in total. The summed E-state index contributed by atoms with van der Waals surface area (Å²) in [5, 5.41) is 4.35. The Morgan fingerprint density at radius 1 is 1.00 bits per heavy atom. The quantitative estimate of drug-likeness (QED) is 0.661. The second-order valence-electron chi connectivity index (χ2n) is 3.68. The molecule has 0 bridgehead atoms. The van der Waals surface area contributed by atoms with E-state index in [1.807, 2.05) is 61.5 Å². The van der Waals surface area contributed by atoms with Gasteiger partial charge in [-0.25, -0.2) is 0 Å². The van der Waals surface area contributed by atoms with Crippen LogP contribution in [0.1, 0.15) is 12.5 Å². The molecule has 0 atom stereocenters. The molecule has 0 saturated heterocycles. The number of halogens is 1. The van der Waals surface area contributed by atoms with Crippen LogP contribution in [0, 0.1) is 0 Å². The lowest BCUT2D eigenvalue weighted by Crippen LogP contribution is -1.99. The molecular weight excluding hydrogens is 276 g/mol. The molecule has 0 radical (unpaired) electrons. The first kappa shape index (κ1) is 11.9. The van der Waals surface area contributed by atoms with Crippen molar-refractivity contribution in [2.75, 3.05) is 5.43 Å². The highest BCUT2D eigenvalue weighted by Crippen LogP contribution is 2.12. The lowest BCUT2D eigenvalue weighted by atomic mass is 10.1. The third-order valence-electron chi connectivity index (χ3n) is 2.39. The first-order valence-electron chi connectivity index (χ1n) is 5.37. The van der Waals surface area contributed by atoms with Crippen LogP contribution < -0.4 is 5.43 Å². The van der Waals surface area contributed by atoms with E-state index in [1.165, 1.54) is 0 Å². The Labute approximate surface area is 110 Å². The highest BCUT2D eigenvalue weighted by atomic mass is 79.9.